The van der Waals surface area contributed by atoms with E-state index in [-0.39, 0.29) is 0 Å². The van der Waals surface area contributed by atoms with Crippen LogP contribution < -0.4 is 0 Å². The van der Waals surface area contributed by atoms with Crippen LogP contribution in [-0.4, -0.2) is 10.9 Å². The van der Waals surface area contributed by atoms with E-state index in [1.165, 1.54) is 75.5 Å². The fourth-order valence-electron chi connectivity index (χ4n) is 2.47. The number of thioether (sulfide) groups is 1. The molecule has 0 radical (unpaired) electrons. The van der Waals surface area contributed by atoms with E-state index in [0.717, 1.165) is 5.75 Å². The first kappa shape index (κ1) is 18.4. The number of phenols is 1. The second-order valence-electron chi connectivity index (χ2n) is 5.90. The Labute approximate surface area is 135 Å². The van der Waals surface area contributed by atoms with Crippen molar-refractivity contribution in [1.82, 2.24) is 0 Å². The zero-order valence-electron chi connectivity index (χ0n) is 13.7. The van der Waals surface area contributed by atoms with E-state index in [0.29, 0.717) is 5.75 Å². The number of unbranched alkanes of at least 4 members (excludes halogenated alkanes) is 9. The second-order valence-corrected chi connectivity index (χ2v) is 7.01. The van der Waals surface area contributed by atoms with Gasteiger partial charge in [-0.25, -0.2) is 0 Å². The molecular formula is C19H32OS. The van der Waals surface area contributed by atoms with E-state index in [4.69, 9.17) is 0 Å². The predicted molar refractivity (Wildman–Crippen MR) is 96.1 cm³/mol. The van der Waals surface area contributed by atoms with Crippen LogP contribution in [-0.2, 0) is 5.75 Å². The van der Waals surface area contributed by atoms with Gasteiger partial charge < -0.3 is 5.11 Å². The number of phenolic OH excluding ortho intramolecular Hbond substituents is 1. The van der Waals surface area contributed by atoms with E-state index in [9.17, 15) is 5.11 Å². The molecule has 1 N–H and O–H groups in total. The maximum absolute atomic E-state index is 9.22. The molecule has 0 bridgehead atoms. The van der Waals surface area contributed by atoms with Gasteiger partial charge in [-0.3, -0.25) is 0 Å². The van der Waals surface area contributed by atoms with Gasteiger partial charge in [-0.2, -0.15) is 11.8 Å². The molecule has 0 atom stereocenters. The first-order chi connectivity index (χ1) is 10.3. The number of rotatable bonds is 13. The summed E-state index contributed by atoms with van der Waals surface area (Å²) in [5.74, 6) is 2.69. The van der Waals surface area contributed by atoms with Gasteiger partial charge in [-0.15, -0.1) is 0 Å². The van der Waals surface area contributed by atoms with Crippen LogP contribution in [0.5, 0.6) is 5.75 Å². The second kappa shape index (κ2) is 13.1. The van der Waals surface area contributed by atoms with Crippen molar-refractivity contribution in [2.45, 2.75) is 76.9 Å². The number of aromatic hydroxyl groups is 1. The lowest BCUT2D eigenvalue weighted by Gasteiger charge is -2.03. The summed E-state index contributed by atoms with van der Waals surface area (Å²) in [5.41, 5.74) is 1.31. The fraction of sp³-hybridized carbons (Fsp3) is 0.684. The molecule has 0 fully saturated rings. The molecule has 1 rings (SSSR count). The number of hydrogen-bond donors (Lipinski definition) is 1. The molecule has 0 heterocycles. The first-order valence-electron chi connectivity index (χ1n) is 8.68. The normalized spacial score (nSPS) is 10.9. The van der Waals surface area contributed by atoms with E-state index < -0.39 is 0 Å². The van der Waals surface area contributed by atoms with E-state index in [1.54, 1.807) is 12.1 Å². The predicted octanol–water partition coefficient (Wildman–Crippen LogP) is 6.55. The van der Waals surface area contributed by atoms with Crippen LogP contribution in [0, 0.1) is 0 Å². The topological polar surface area (TPSA) is 20.2 Å². The zero-order valence-corrected chi connectivity index (χ0v) is 14.5. The smallest absolute Gasteiger partial charge is 0.115 e. The molecule has 0 aromatic heterocycles. The highest BCUT2D eigenvalue weighted by atomic mass is 32.2. The highest BCUT2D eigenvalue weighted by molar-refractivity contribution is 7.98. The van der Waals surface area contributed by atoms with Gasteiger partial charge >= 0.3 is 0 Å². The van der Waals surface area contributed by atoms with Gasteiger partial charge in [-0.05, 0) is 29.9 Å². The Balaban J connectivity index is 1.81. The fourth-order valence-corrected chi connectivity index (χ4v) is 3.45. The summed E-state index contributed by atoms with van der Waals surface area (Å²) in [5, 5.41) is 9.22. The quantitative estimate of drug-likeness (QED) is 0.417. The summed E-state index contributed by atoms with van der Waals surface area (Å²) in [4.78, 5) is 0. The van der Waals surface area contributed by atoms with Gasteiger partial charge in [0.1, 0.15) is 5.75 Å². The lowest BCUT2D eigenvalue weighted by Crippen LogP contribution is -1.85. The molecule has 0 aliphatic carbocycles. The minimum Gasteiger partial charge on any atom is -0.508 e. The van der Waals surface area contributed by atoms with Crippen LogP contribution in [0.4, 0.5) is 0 Å². The van der Waals surface area contributed by atoms with Gasteiger partial charge in [-0.1, -0.05) is 76.8 Å². The zero-order chi connectivity index (χ0) is 15.2. The minimum atomic E-state index is 0.360. The highest BCUT2D eigenvalue weighted by Gasteiger charge is 1.96. The third-order valence-electron chi connectivity index (χ3n) is 3.85. The largest absolute Gasteiger partial charge is 0.508 e. The van der Waals surface area contributed by atoms with Crippen LogP contribution in [0.3, 0.4) is 0 Å². The summed E-state index contributed by atoms with van der Waals surface area (Å²) in [6, 6.07) is 7.58. The van der Waals surface area contributed by atoms with Gasteiger partial charge in [0.05, 0.1) is 0 Å². The monoisotopic (exact) mass is 308 g/mol. The Morgan fingerprint density at radius 3 is 1.86 bits per heavy atom. The summed E-state index contributed by atoms with van der Waals surface area (Å²) in [6.07, 6.45) is 14.1. The highest BCUT2D eigenvalue weighted by Crippen LogP contribution is 2.17. The van der Waals surface area contributed by atoms with Crippen molar-refractivity contribution >= 4 is 11.8 Å². The van der Waals surface area contributed by atoms with Crippen LogP contribution in [0.2, 0.25) is 0 Å². The summed E-state index contributed by atoms with van der Waals surface area (Å²) >= 11 is 2.01. The van der Waals surface area contributed by atoms with Gasteiger partial charge in [0.2, 0.25) is 0 Å². The van der Waals surface area contributed by atoms with Gasteiger partial charge in [0, 0.05) is 5.75 Å². The van der Waals surface area contributed by atoms with Crippen LogP contribution >= 0.6 is 11.8 Å². The average molecular weight is 309 g/mol. The first-order valence-corrected chi connectivity index (χ1v) is 9.84. The van der Waals surface area contributed by atoms with Gasteiger partial charge in [0.25, 0.3) is 0 Å². The maximum atomic E-state index is 9.22. The molecule has 0 spiro atoms. The molecule has 1 aromatic carbocycles. The van der Waals surface area contributed by atoms with Crippen molar-refractivity contribution in [3.63, 3.8) is 0 Å². The van der Waals surface area contributed by atoms with E-state index >= 15 is 0 Å². The van der Waals surface area contributed by atoms with Gasteiger partial charge in [0.15, 0.2) is 0 Å². The van der Waals surface area contributed by atoms with Crippen molar-refractivity contribution in [3.05, 3.63) is 29.8 Å². The Bertz CT molecular complexity index is 334. The average Bonchev–Trinajstić information content (AvgIpc) is 2.50. The molecule has 120 valence electrons. The third-order valence-corrected chi connectivity index (χ3v) is 4.96. The maximum Gasteiger partial charge on any atom is 0.115 e. The van der Waals surface area contributed by atoms with Crippen molar-refractivity contribution in [2.75, 3.05) is 5.75 Å². The van der Waals surface area contributed by atoms with Crippen molar-refractivity contribution < 1.29 is 5.11 Å². The molecule has 1 nitrogen and oxygen atoms in total. The molecule has 2 heteroatoms. The van der Waals surface area contributed by atoms with Crippen LogP contribution in [0.1, 0.15) is 76.7 Å². The van der Waals surface area contributed by atoms with Crippen molar-refractivity contribution in [1.29, 1.82) is 0 Å². The molecule has 21 heavy (non-hydrogen) atoms. The molecule has 0 aliphatic heterocycles. The molecule has 0 saturated carbocycles. The molecule has 0 amide bonds. The standard InChI is InChI=1S/C19H32OS/c1-2-3-4-5-6-7-8-9-10-11-16-21-17-18-12-14-19(20)15-13-18/h12-15,20H,2-11,16-17H2,1H3. The van der Waals surface area contributed by atoms with Crippen molar-refractivity contribution in [3.8, 4) is 5.75 Å². The third kappa shape index (κ3) is 10.7. The Morgan fingerprint density at radius 2 is 1.29 bits per heavy atom. The van der Waals surface area contributed by atoms with Crippen LogP contribution in [0.25, 0.3) is 0 Å². The van der Waals surface area contributed by atoms with E-state index in [1.807, 2.05) is 23.9 Å². The molecular weight excluding hydrogens is 276 g/mol. The lowest BCUT2D eigenvalue weighted by atomic mass is 10.1. The summed E-state index contributed by atoms with van der Waals surface area (Å²) < 4.78 is 0. The number of benzene rings is 1. The molecule has 1 aromatic rings. The molecule has 0 unspecified atom stereocenters. The summed E-state index contributed by atoms with van der Waals surface area (Å²) in [7, 11) is 0. The lowest BCUT2D eigenvalue weighted by molar-refractivity contribution is 0.475. The Kier molecular flexibility index (Phi) is 11.5. The SMILES string of the molecule is CCCCCCCCCCCCSCc1ccc(O)cc1. The Morgan fingerprint density at radius 1 is 0.762 bits per heavy atom. The Hall–Kier alpha value is -0.630. The van der Waals surface area contributed by atoms with Crippen molar-refractivity contribution in [2.24, 2.45) is 0 Å². The molecule has 0 aliphatic rings. The van der Waals surface area contributed by atoms with E-state index in [2.05, 4.69) is 6.92 Å². The summed E-state index contributed by atoms with van der Waals surface area (Å²) in [6.45, 7) is 2.28. The molecule has 0 saturated heterocycles. The number of hydrogen-bond acceptors (Lipinski definition) is 2. The minimum absolute atomic E-state index is 0.360. The van der Waals surface area contributed by atoms with Crippen LogP contribution in [0.15, 0.2) is 24.3 Å².